The maximum absolute atomic E-state index is 10.5. The van der Waals surface area contributed by atoms with Crippen LogP contribution in [0, 0.1) is 5.92 Å². The molecule has 2 unspecified atom stereocenters. The lowest BCUT2D eigenvalue weighted by Crippen LogP contribution is -2.36. The van der Waals surface area contributed by atoms with E-state index in [1.54, 1.807) is 25.1 Å². The van der Waals surface area contributed by atoms with E-state index in [1.807, 2.05) is 32.0 Å². The number of halogens is 1. The summed E-state index contributed by atoms with van der Waals surface area (Å²) in [5, 5.41) is 19.9. The van der Waals surface area contributed by atoms with E-state index in [4.69, 9.17) is 0 Å². The number of aromatic hydroxyl groups is 1. The van der Waals surface area contributed by atoms with Crippen molar-refractivity contribution in [1.29, 1.82) is 0 Å². The third-order valence-corrected chi connectivity index (χ3v) is 3.03. The van der Waals surface area contributed by atoms with Gasteiger partial charge in [0, 0.05) is 12.5 Å². The Morgan fingerprint density at radius 1 is 1.35 bits per heavy atom. The fourth-order valence-corrected chi connectivity index (χ4v) is 1.83. The lowest BCUT2D eigenvalue weighted by Gasteiger charge is -2.32. The van der Waals surface area contributed by atoms with E-state index in [-0.39, 0.29) is 24.1 Å². The van der Waals surface area contributed by atoms with E-state index >= 15 is 0 Å². The average Bonchev–Trinajstić information content (AvgIpc) is 2.16. The van der Waals surface area contributed by atoms with E-state index in [1.165, 1.54) is 0 Å². The standard InChI is InChI=1S/C13H21NO2.ClH/c1-10(9-14(3)4)13(2,16)11-6-5-7-12(15)8-11;/h5-8,10,15-16H,9H2,1-4H3;1H. The number of phenols is 1. The lowest BCUT2D eigenvalue weighted by molar-refractivity contribution is -0.00793. The second kappa shape index (κ2) is 6.24. The topological polar surface area (TPSA) is 43.7 Å². The van der Waals surface area contributed by atoms with Gasteiger partial charge in [0.2, 0.25) is 0 Å². The second-order valence-electron chi connectivity index (χ2n) is 4.86. The Morgan fingerprint density at radius 3 is 2.41 bits per heavy atom. The minimum atomic E-state index is -0.928. The fraction of sp³-hybridized carbons (Fsp3) is 0.538. The van der Waals surface area contributed by atoms with Gasteiger partial charge in [0.1, 0.15) is 5.75 Å². The Morgan fingerprint density at radius 2 is 1.94 bits per heavy atom. The van der Waals surface area contributed by atoms with Crippen LogP contribution in [0.15, 0.2) is 24.3 Å². The van der Waals surface area contributed by atoms with Gasteiger partial charge in [-0.05, 0) is 38.7 Å². The molecule has 1 aromatic carbocycles. The molecule has 2 N–H and O–H groups in total. The highest BCUT2D eigenvalue weighted by Gasteiger charge is 2.30. The number of benzene rings is 1. The monoisotopic (exact) mass is 259 g/mol. The van der Waals surface area contributed by atoms with Crippen LogP contribution >= 0.6 is 12.4 Å². The maximum atomic E-state index is 10.5. The van der Waals surface area contributed by atoms with Gasteiger partial charge >= 0.3 is 0 Å². The van der Waals surface area contributed by atoms with Gasteiger partial charge in [-0.15, -0.1) is 12.4 Å². The second-order valence-corrected chi connectivity index (χ2v) is 4.86. The minimum Gasteiger partial charge on any atom is -0.508 e. The smallest absolute Gasteiger partial charge is 0.115 e. The van der Waals surface area contributed by atoms with Crippen LogP contribution in [0.3, 0.4) is 0 Å². The minimum absolute atomic E-state index is 0. The predicted octanol–water partition coefficient (Wildman–Crippen LogP) is 2.22. The van der Waals surface area contributed by atoms with Crippen molar-refractivity contribution in [3.63, 3.8) is 0 Å². The molecule has 4 heteroatoms. The SMILES string of the molecule is CC(CN(C)C)C(C)(O)c1cccc(O)c1.Cl. The summed E-state index contributed by atoms with van der Waals surface area (Å²) in [4.78, 5) is 2.04. The van der Waals surface area contributed by atoms with Gasteiger partial charge in [0.25, 0.3) is 0 Å². The maximum Gasteiger partial charge on any atom is 0.115 e. The van der Waals surface area contributed by atoms with E-state index in [0.717, 1.165) is 12.1 Å². The van der Waals surface area contributed by atoms with Crippen LogP contribution in [0.5, 0.6) is 5.75 Å². The molecular weight excluding hydrogens is 238 g/mol. The Kier molecular flexibility index (Phi) is 5.96. The third-order valence-electron chi connectivity index (χ3n) is 3.03. The van der Waals surface area contributed by atoms with Crippen molar-refractivity contribution in [3.05, 3.63) is 29.8 Å². The first-order valence-electron chi connectivity index (χ1n) is 5.50. The average molecular weight is 260 g/mol. The molecule has 0 spiro atoms. The van der Waals surface area contributed by atoms with E-state index in [2.05, 4.69) is 0 Å². The molecule has 17 heavy (non-hydrogen) atoms. The van der Waals surface area contributed by atoms with Crippen molar-refractivity contribution in [3.8, 4) is 5.75 Å². The molecule has 0 heterocycles. The molecule has 0 bridgehead atoms. The molecule has 0 aromatic heterocycles. The quantitative estimate of drug-likeness (QED) is 0.872. The fourth-order valence-electron chi connectivity index (χ4n) is 1.83. The molecule has 0 fully saturated rings. The zero-order valence-electron chi connectivity index (χ0n) is 10.8. The molecule has 1 aromatic rings. The van der Waals surface area contributed by atoms with E-state index < -0.39 is 5.60 Å². The summed E-state index contributed by atoms with van der Waals surface area (Å²) in [5.74, 6) is 0.277. The van der Waals surface area contributed by atoms with Crippen LogP contribution in [-0.4, -0.2) is 35.8 Å². The third kappa shape index (κ3) is 4.19. The Bertz CT molecular complexity index is 353. The summed E-state index contributed by atoms with van der Waals surface area (Å²) in [5.41, 5.74) is -0.176. The van der Waals surface area contributed by atoms with Gasteiger partial charge in [0.05, 0.1) is 5.60 Å². The summed E-state index contributed by atoms with van der Waals surface area (Å²) >= 11 is 0. The van der Waals surface area contributed by atoms with Crippen molar-refractivity contribution in [2.24, 2.45) is 5.92 Å². The van der Waals surface area contributed by atoms with Gasteiger partial charge in [-0.25, -0.2) is 0 Å². The molecule has 0 radical (unpaired) electrons. The van der Waals surface area contributed by atoms with Crippen LogP contribution in [0.25, 0.3) is 0 Å². The Hall–Kier alpha value is -0.770. The van der Waals surface area contributed by atoms with Gasteiger partial charge in [-0.2, -0.15) is 0 Å². The molecular formula is C13H22ClNO2. The van der Waals surface area contributed by atoms with Crippen molar-refractivity contribution < 1.29 is 10.2 Å². The van der Waals surface area contributed by atoms with Gasteiger partial charge in [-0.3, -0.25) is 0 Å². The Labute approximate surface area is 109 Å². The molecule has 0 saturated heterocycles. The summed E-state index contributed by atoms with van der Waals surface area (Å²) in [6.45, 7) is 4.59. The number of hydrogen-bond donors (Lipinski definition) is 2. The first-order valence-corrected chi connectivity index (χ1v) is 5.50. The molecule has 0 aliphatic rings. The normalized spacial score (nSPS) is 16.1. The van der Waals surface area contributed by atoms with Crippen molar-refractivity contribution in [2.45, 2.75) is 19.4 Å². The van der Waals surface area contributed by atoms with E-state index in [9.17, 15) is 10.2 Å². The first kappa shape index (κ1) is 16.2. The Balaban J connectivity index is 0.00000256. The van der Waals surface area contributed by atoms with Crippen LogP contribution in [0.1, 0.15) is 19.4 Å². The summed E-state index contributed by atoms with van der Waals surface area (Å²) in [7, 11) is 3.96. The summed E-state index contributed by atoms with van der Waals surface area (Å²) < 4.78 is 0. The highest BCUT2D eigenvalue weighted by Crippen LogP contribution is 2.31. The molecule has 2 atom stereocenters. The van der Waals surface area contributed by atoms with Gasteiger partial charge < -0.3 is 15.1 Å². The van der Waals surface area contributed by atoms with Crippen LogP contribution in [-0.2, 0) is 5.60 Å². The molecule has 0 aliphatic carbocycles. The number of aliphatic hydroxyl groups is 1. The lowest BCUT2D eigenvalue weighted by atomic mass is 9.83. The molecule has 3 nitrogen and oxygen atoms in total. The molecule has 1 rings (SSSR count). The molecule has 98 valence electrons. The first-order chi connectivity index (χ1) is 7.34. The van der Waals surface area contributed by atoms with Crippen LogP contribution < -0.4 is 0 Å². The number of rotatable bonds is 4. The highest BCUT2D eigenvalue weighted by atomic mass is 35.5. The molecule has 0 aliphatic heterocycles. The molecule has 0 amide bonds. The van der Waals surface area contributed by atoms with Gasteiger partial charge in [0.15, 0.2) is 0 Å². The largest absolute Gasteiger partial charge is 0.508 e. The number of nitrogens with zero attached hydrogens (tertiary/aromatic N) is 1. The van der Waals surface area contributed by atoms with Crippen molar-refractivity contribution in [1.82, 2.24) is 4.90 Å². The summed E-state index contributed by atoms with van der Waals surface area (Å²) in [6, 6.07) is 6.82. The summed E-state index contributed by atoms with van der Waals surface area (Å²) in [6.07, 6.45) is 0. The number of hydrogen-bond acceptors (Lipinski definition) is 3. The van der Waals surface area contributed by atoms with Crippen molar-refractivity contribution >= 4 is 12.4 Å². The predicted molar refractivity (Wildman–Crippen MR) is 72.6 cm³/mol. The zero-order valence-corrected chi connectivity index (χ0v) is 11.7. The molecule has 0 saturated carbocycles. The number of phenolic OH excluding ortho intramolecular Hbond substituents is 1. The van der Waals surface area contributed by atoms with Gasteiger partial charge in [-0.1, -0.05) is 19.1 Å². The van der Waals surface area contributed by atoms with Crippen LogP contribution in [0.4, 0.5) is 0 Å². The zero-order chi connectivity index (χ0) is 12.3. The highest BCUT2D eigenvalue weighted by molar-refractivity contribution is 5.85. The van der Waals surface area contributed by atoms with Crippen molar-refractivity contribution in [2.75, 3.05) is 20.6 Å². The van der Waals surface area contributed by atoms with E-state index in [0.29, 0.717) is 0 Å². The van der Waals surface area contributed by atoms with Crippen LogP contribution in [0.2, 0.25) is 0 Å².